The van der Waals surface area contributed by atoms with Gasteiger partial charge in [-0.05, 0) is 24.4 Å². The van der Waals surface area contributed by atoms with Gasteiger partial charge in [0.15, 0.2) is 0 Å². The Kier molecular flexibility index (Phi) is 5.37. The highest BCUT2D eigenvalue weighted by Gasteiger charge is 2.16. The van der Waals surface area contributed by atoms with Crippen molar-refractivity contribution in [2.45, 2.75) is 51.2 Å². The average molecular weight is 266 g/mol. The first kappa shape index (κ1) is 14.5. The first-order valence-corrected chi connectivity index (χ1v) is 6.93. The lowest BCUT2D eigenvalue weighted by Crippen LogP contribution is -2.30. The molecule has 0 spiro atoms. The molecule has 1 saturated carbocycles. The molecule has 0 atom stereocenters. The van der Waals surface area contributed by atoms with E-state index in [1.165, 1.54) is 31.7 Å². The standard InChI is InChI=1S/C14H20BFO3/c16-14-9-12(15(17)18)8-7-11(14)10-19-13-5-3-1-2-4-6-13/h7-9,13,17-18H,1-6,10H2. The van der Waals surface area contributed by atoms with Crippen LogP contribution in [0.25, 0.3) is 0 Å². The van der Waals surface area contributed by atoms with Crippen molar-refractivity contribution in [1.29, 1.82) is 0 Å². The molecule has 1 aliphatic rings. The highest BCUT2D eigenvalue weighted by atomic mass is 19.1. The summed E-state index contributed by atoms with van der Waals surface area (Å²) in [4.78, 5) is 0. The Bertz CT molecular complexity index is 404. The van der Waals surface area contributed by atoms with E-state index in [4.69, 9.17) is 14.8 Å². The predicted octanol–water partition coefficient (Wildman–Crippen LogP) is 1.74. The molecule has 0 bridgehead atoms. The lowest BCUT2D eigenvalue weighted by atomic mass is 9.80. The smallest absolute Gasteiger partial charge is 0.423 e. The molecule has 0 saturated heterocycles. The summed E-state index contributed by atoms with van der Waals surface area (Å²) in [6.45, 7) is 0.248. The molecule has 2 rings (SSSR count). The van der Waals surface area contributed by atoms with Crippen LogP contribution >= 0.6 is 0 Å². The molecule has 1 aromatic rings. The van der Waals surface area contributed by atoms with E-state index in [2.05, 4.69) is 0 Å². The maximum atomic E-state index is 13.7. The number of ether oxygens (including phenoxy) is 1. The zero-order valence-electron chi connectivity index (χ0n) is 11.0. The molecule has 1 aromatic carbocycles. The first-order valence-electron chi connectivity index (χ1n) is 6.93. The molecule has 104 valence electrons. The van der Waals surface area contributed by atoms with Gasteiger partial charge < -0.3 is 14.8 Å². The maximum Gasteiger partial charge on any atom is 0.488 e. The van der Waals surface area contributed by atoms with Crippen molar-refractivity contribution < 1.29 is 19.2 Å². The molecule has 19 heavy (non-hydrogen) atoms. The van der Waals surface area contributed by atoms with E-state index in [1.807, 2.05) is 0 Å². The third-order valence-corrected chi connectivity index (χ3v) is 3.65. The number of rotatable bonds is 4. The molecule has 0 unspecified atom stereocenters. The minimum absolute atomic E-state index is 0.163. The molecular formula is C14H20BFO3. The van der Waals surface area contributed by atoms with Crippen LogP contribution in [-0.4, -0.2) is 23.3 Å². The third-order valence-electron chi connectivity index (χ3n) is 3.65. The fourth-order valence-electron chi connectivity index (χ4n) is 2.46. The van der Waals surface area contributed by atoms with Gasteiger partial charge in [-0.25, -0.2) is 4.39 Å². The fourth-order valence-corrected chi connectivity index (χ4v) is 2.46. The van der Waals surface area contributed by atoms with Gasteiger partial charge in [0.05, 0.1) is 12.7 Å². The summed E-state index contributed by atoms with van der Waals surface area (Å²) < 4.78 is 19.5. The van der Waals surface area contributed by atoms with Crippen LogP contribution in [0.3, 0.4) is 0 Å². The van der Waals surface area contributed by atoms with Gasteiger partial charge in [0, 0.05) is 5.56 Å². The lowest BCUT2D eigenvalue weighted by Gasteiger charge is -2.15. The summed E-state index contributed by atoms with van der Waals surface area (Å²) in [5, 5.41) is 17.9. The van der Waals surface area contributed by atoms with E-state index >= 15 is 0 Å². The summed E-state index contributed by atoms with van der Waals surface area (Å²) in [7, 11) is -1.63. The quantitative estimate of drug-likeness (QED) is 0.644. The molecule has 0 aliphatic heterocycles. The van der Waals surface area contributed by atoms with Gasteiger partial charge in [-0.2, -0.15) is 0 Å². The Morgan fingerprint density at radius 3 is 2.42 bits per heavy atom. The number of hydrogen-bond acceptors (Lipinski definition) is 3. The van der Waals surface area contributed by atoms with E-state index in [0.29, 0.717) is 5.56 Å². The maximum absolute atomic E-state index is 13.7. The zero-order valence-corrected chi connectivity index (χ0v) is 11.0. The number of hydrogen-bond donors (Lipinski definition) is 2. The normalized spacial score (nSPS) is 17.2. The Balaban J connectivity index is 1.91. The van der Waals surface area contributed by atoms with Crippen molar-refractivity contribution in [3.05, 3.63) is 29.6 Å². The lowest BCUT2D eigenvalue weighted by molar-refractivity contribution is 0.0295. The fraction of sp³-hybridized carbons (Fsp3) is 0.571. The van der Waals surface area contributed by atoms with Gasteiger partial charge in [0.25, 0.3) is 0 Å². The molecule has 2 N–H and O–H groups in total. The van der Waals surface area contributed by atoms with Gasteiger partial charge in [-0.1, -0.05) is 37.8 Å². The molecular weight excluding hydrogens is 246 g/mol. The zero-order chi connectivity index (χ0) is 13.7. The summed E-state index contributed by atoms with van der Waals surface area (Å²) in [5.74, 6) is -0.445. The van der Waals surface area contributed by atoms with Crippen LogP contribution < -0.4 is 5.46 Å². The minimum atomic E-state index is -1.63. The first-order chi connectivity index (χ1) is 9.16. The molecule has 0 amide bonds. The second kappa shape index (κ2) is 7.03. The van der Waals surface area contributed by atoms with E-state index in [0.717, 1.165) is 18.9 Å². The van der Waals surface area contributed by atoms with Gasteiger partial charge in [0.2, 0.25) is 0 Å². The average Bonchev–Trinajstić information content (AvgIpc) is 2.65. The van der Waals surface area contributed by atoms with E-state index in [9.17, 15) is 4.39 Å². The Morgan fingerprint density at radius 1 is 1.16 bits per heavy atom. The van der Waals surface area contributed by atoms with Crippen LogP contribution in [0, 0.1) is 5.82 Å². The van der Waals surface area contributed by atoms with E-state index in [-0.39, 0.29) is 18.2 Å². The van der Waals surface area contributed by atoms with Crippen LogP contribution in [0.4, 0.5) is 4.39 Å². The largest absolute Gasteiger partial charge is 0.488 e. The van der Waals surface area contributed by atoms with Gasteiger partial charge in [-0.3, -0.25) is 0 Å². The third kappa shape index (κ3) is 4.30. The second-order valence-electron chi connectivity index (χ2n) is 5.15. The van der Waals surface area contributed by atoms with Crippen LogP contribution in [0.5, 0.6) is 0 Å². The second-order valence-corrected chi connectivity index (χ2v) is 5.15. The number of halogens is 1. The topological polar surface area (TPSA) is 49.7 Å². The highest BCUT2D eigenvalue weighted by molar-refractivity contribution is 6.58. The number of benzene rings is 1. The molecule has 3 nitrogen and oxygen atoms in total. The summed E-state index contributed by atoms with van der Waals surface area (Å²) in [5.41, 5.74) is 0.629. The SMILES string of the molecule is OB(O)c1ccc(COC2CCCCCC2)c(F)c1. The van der Waals surface area contributed by atoms with Crippen molar-refractivity contribution in [1.82, 2.24) is 0 Å². The minimum Gasteiger partial charge on any atom is -0.423 e. The van der Waals surface area contributed by atoms with E-state index in [1.54, 1.807) is 6.07 Å². The Labute approximate surface area is 113 Å². The van der Waals surface area contributed by atoms with Gasteiger partial charge >= 0.3 is 7.12 Å². The van der Waals surface area contributed by atoms with Gasteiger partial charge in [-0.15, -0.1) is 0 Å². The molecule has 5 heteroatoms. The van der Waals surface area contributed by atoms with E-state index < -0.39 is 12.9 Å². The summed E-state index contributed by atoms with van der Waals surface area (Å²) >= 11 is 0. The summed E-state index contributed by atoms with van der Waals surface area (Å²) in [6, 6.07) is 4.22. The molecule has 1 aliphatic carbocycles. The van der Waals surface area contributed by atoms with Crippen molar-refractivity contribution >= 4 is 12.6 Å². The molecule has 1 fully saturated rings. The predicted molar refractivity (Wildman–Crippen MR) is 72.5 cm³/mol. The Morgan fingerprint density at radius 2 is 1.84 bits per heavy atom. The van der Waals surface area contributed by atoms with Crippen molar-refractivity contribution in [3.63, 3.8) is 0 Å². The van der Waals surface area contributed by atoms with Crippen LogP contribution in [-0.2, 0) is 11.3 Å². The highest BCUT2D eigenvalue weighted by Crippen LogP contribution is 2.21. The summed E-state index contributed by atoms with van der Waals surface area (Å²) in [6.07, 6.45) is 7.22. The van der Waals surface area contributed by atoms with Gasteiger partial charge in [0.1, 0.15) is 5.82 Å². The molecule has 0 radical (unpaired) electrons. The van der Waals surface area contributed by atoms with Crippen LogP contribution in [0.15, 0.2) is 18.2 Å². The molecule has 0 aromatic heterocycles. The Hall–Kier alpha value is -0.905. The van der Waals surface area contributed by atoms with Crippen molar-refractivity contribution in [2.75, 3.05) is 0 Å². The molecule has 0 heterocycles. The van der Waals surface area contributed by atoms with Crippen molar-refractivity contribution in [3.8, 4) is 0 Å². The monoisotopic (exact) mass is 266 g/mol. The van der Waals surface area contributed by atoms with Crippen molar-refractivity contribution in [2.24, 2.45) is 0 Å². The van der Waals surface area contributed by atoms with Crippen LogP contribution in [0.1, 0.15) is 44.1 Å². The van der Waals surface area contributed by atoms with Crippen LogP contribution in [0.2, 0.25) is 0 Å².